The second-order valence-corrected chi connectivity index (χ2v) is 10.3. The van der Waals surface area contributed by atoms with Gasteiger partial charge in [-0.15, -0.1) is 13.2 Å². The summed E-state index contributed by atoms with van der Waals surface area (Å²) >= 11 is 0. The fourth-order valence-corrected chi connectivity index (χ4v) is 4.97. The van der Waals surface area contributed by atoms with Gasteiger partial charge in [0, 0.05) is 17.9 Å². The summed E-state index contributed by atoms with van der Waals surface area (Å²) in [4.78, 5) is 0. The maximum Gasteiger partial charge on any atom is 0.306 e. The molecule has 1 aromatic carbocycles. The average molecular weight is 485 g/mol. The van der Waals surface area contributed by atoms with Crippen molar-refractivity contribution in [2.75, 3.05) is 19.5 Å². The standard InChI is InChI=1S/C24H36O8S/c1-8-11-19-18(12-13-20(21(19)29-10-3)31-33(7,27)28)17(9-2)22(26)24(15-25)14-16(4)30-23(5,6)32-24/h8-9,12-13,16-17,22,25-26H,1-2,10-11,14-15H2,3-7H3/t16-,17+,22-,24-/m0/s1. The van der Waals surface area contributed by atoms with Gasteiger partial charge in [0.1, 0.15) is 5.60 Å². The van der Waals surface area contributed by atoms with Crippen LogP contribution >= 0.6 is 0 Å². The summed E-state index contributed by atoms with van der Waals surface area (Å²) in [6.07, 6.45) is 3.31. The molecule has 1 saturated heterocycles. The number of rotatable bonds is 11. The van der Waals surface area contributed by atoms with Gasteiger partial charge in [-0.25, -0.2) is 0 Å². The Bertz CT molecular complexity index is 955. The lowest BCUT2D eigenvalue weighted by Crippen LogP contribution is -2.60. The molecule has 1 aromatic rings. The SMILES string of the molecule is C=CCc1c([C@@H](C=C)[C@H](O)[C@@]2(CO)C[C@H](C)OC(C)(C)O2)ccc(OS(C)(=O)=O)c1OCC. The molecular weight excluding hydrogens is 448 g/mol. The van der Waals surface area contributed by atoms with Crippen LogP contribution in [0, 0.1) is 0 Å². The number of ether oxygens (including phenoxy) is 3. The van der Waals surface area contributed by atoms with Gasteiger partial charge < -0.3 is 28.6 Å². The van der Waals surface area contributed by atoms with E-state index < -0.39 is 40.1 Å². The molecule has 2 rings (SSSR count). The number of hydrogen-bond donors (Lipinski definition) is 2. The van der Waals surface area contributed by atoms with E-state index in [-0.39, 0.29) is 30.6 Å². The number of aliphatic hydroxyl groups is 2. The first-order chi connectivity index (χ1) is 15.3. The van der Waals surface area contributed by atoms with Crippen LogP contribution in [-0.4, -0.2) is 61.7 Å². The zero-order valence-electron chi connectivity index (χ0n) is 20.0. The molecule has 0 bridgehead atoms. The summed E-state index contributed by atoms with van der Waals surface area (Å²) in [6.45, 7) is 14.6. The van der Waals surface area contributed by atoms with Crippen LogP contribution in [0.4, 0.5) is 0 Å². The third kappa shape index (κ3) is 6.36. The van der Waals surface area contributed by atoms with E-state index in [1.165, 1.54) is 6.07 Å². The topological polar surface area (TPSA) is 112 Å². The maximum atomic E-state index is 11.8. The largest absolute Gasteiger partial charge is 0.490 e. The van der Waals surface area contributed by atoms with Gasteiger partial charge in [0.2, 0.25) is 0 Å². The molecule has 0 saturated carbocycles. The molecule has 9 heteroatoms. The zero-order chi connectivity index (χ0) is 25.0. The number of aliphatic hydroxyl groups excluding tert-OH is 2. The van der Waals surface area contributed by atoms with Crippen molar-refractivity contribution in [3.63, 3.8) is 0 Å². The van der Waals surface area contributed by atoms with Crippen LogP contribution in [0.5, 0.6) is 11.5 Å². The van der Waals surface area contributed by atoms with Crippen LogP contribution in [0.2, 0.25) is 0 Å². The lowest BCUT2D eigenvalue weighted by molar-refractivity contribution is -0.355. The molecule has 186 valence electrons. The second kappa shape index (κ2) is 10.6. The summed E-state index contributed by atoms with van der Waals surface area (Å²) in [6, 6.07) is 3.15. The molecule has 0 unspecified atom stereocenters. The monoisotopic (exact) mass is 484 g/mol. The van der Waals surface area contributed by atoms with Crippen molar-refractivity contribution in [3.8, 4) is 11.5 Å². The summed E-state index contributed by atoms with van der Waals surface area (Å²) < 4.78 is 46.4. The lowest BCUT2D eigenvalue weighted by Gasteiger charge is -2.50. The van der Waals surface area contributed by atoms with Crippen LogP contribution in [-0.2, 0) is 26.0 Å². The van der Waals surface area contributed by atoms with E-state index in [2.05, 4.69) is 13.2 Å². The minimum Gasteiger partial charge on any atom is -0.490 e. The number of benzene rings is 1. The van der Waals surface area contributed by atoms with E-state index in [9.17, 15) is 18.6 Å². The molecule has 0 aliphatic carbocycles. The highest BCUT2D eigenvalue weighted by Gasteiger charge is 2.51. The van der Waals surface area contributed by atoms with E-state index >= 15 is 0 Å². The van der Waals surface area contributed by atoms with Crippen molar-refractivity contribution >= 4 is 10.1 Å². The predicted molar refractivity (Wildman–Crippen MR) is 126 cm³/mol. The van der Waals surface area contributed by atoms with Crippen LogP contribution in [0.1, 0.15) is 51.2 Å². The van der Waals surface area contributed by atoms with Gasteiger partial charge in [-0.05, 0) is 45.7 Å². The fraction of sp³-hybridized carbons (Fsp3) is 0.583. The summed E-state index contributed by atoms with van der Waals surface area (Å²) in [5.41, 5.74) is -0.0707. The van der Waals surface area contributed by atoms with E-state index in [0.717, 1.165) is 6.26 Å². The predicted octanol–water partition coefficient (Wildman–Crippen LogP) is 3.08. The van der Waals surface area contributed by atoms with Gasteiger partial charge in [0.05, 0.1) is 31.7 Å². The van der Waals surface area contributed by atoms with Crippen molar-refractivity contribution in [2.45, 2.75) is 70.1 Å². The summed E-state index contributed by atoms with van der Waals surface area (Å²) in [7, 11) is -3.80. The minimum atomic E-state index is -3.80. The third-order valence-electron chi connectivity index (χ3n) is 5.47. The van der Waals surface area contributed by atoms with Crippen LogP contribution in [0.25, 0.3) is 0 Å². The molecule has 33 heavy (non-hydrogen) atoms. The Morgan fingerprint density at radius 2 is 2.00 bits per heavy atom. The first-order valence-corrected chi connectivity index (χ1v) is 12.7. The van der Waals surface area contributed by atoms with E-state index in [0.29, 0.717) is 17.5 Å². The Labute approximate surface area is 196 Å². The summed E-state index contributed by atoms with van der Waals surface area (Å²) in [5, 5.41) is 21.9. The molecular formula is C24H36O8S. The highest BCUT2D eigenvalue weighted by atomic mass is 32.2. The Hall–Kier alpha value is -1.91. The van der Waals surface area contributed by atoms with Crippen molar-refractivity contribution in [3.05, 3.63) is 48.6 Å². The maximum absolute atomic E-state index is 11.8. The molecule has 4 atom stereocenters. The van der Waals surface area contributed by atoms with Crippen LogP contribution < -0.4 is 8.92 Å². The lowest BCUT2D eigenvalue weighted by atomic mass is 9.77. The second-order valence-electron chi connectivity index (χ2n) is 8.74. The molecule has 0 radical (unpaired) electrons. The van der Waals surface area contributed by atoms with Crippen LogP contribution in [0.3, 0.4) is 0 Å². The van der Waals surface area contributed by atoms with Crippen molar-refractivity contribution in [1.29, 1.82) is 0 Å². The number of hydrogen-bond acceptors (Lipinski definition) is 8. The van der Waals surface area contributed by atoms with Crippen molar-refractivity contribution in [1.82, 2.24) is 0 Å². The van der Waals surface area contributed by atoms with Gasteiger partial charge in [-0.3, -0.25) is 0 Å². The van der Waals surface area contributed by atoms with Gasteiger partial charge in [0.15, 0.2) is 17.3 Å². The Morgan fingerprint density at radius 3 is 2.48 bits per heavy atom. The quantitative estimate of drug-likeness (QED) is 0.364. The number of allylic oxidation sites excluding steroid dienone is 1. The first kappa shape index (κ1) is 27.3. The highest BCUT2D eigenvalue weighted by Crippen LogP contribution is 2.44. The van der Waals surface area contributed by atoms with Gasteiger partial charge in [0.25, 0.3) is 0 Å². The van der Waals surface area contributed by atoms with Crippen molar-refractivity contribution in [2.24, 2.45) is 0 Å². The molecule has 1 aliphatic heterocycles. The molecule has 2 N–H and O–H groups in total. The molecule has 8 nitrogen and oxygen atoms in total. The molecule has 1 fully saturated rings. The van der Waals surface area contributed by atoms with Crippen molar-refractivity contribution < 1.29 is 37.0 Å². The first-order valence-electron chi connectivity index (χ1n) is 10.9. The Morgan fingerprint density at radius 1 is 1.33 bits per heavy atom. The normalized spacial score (nSPS) is 24.5. The molecule has 0 spiro atoms. The molecule has 1 heterocycles. The average Bonchev–Trinajstić information content (AvgIpc) is 2.69. The van der Waals surface area contributed by atoms with E-state index in [4.69, 9.17) is 18.4 Å². The molecule has 1 aliphatic rings. The Kier molecular flexibility index (Phi) is 8.75. The molecule has 0 amide bonds. The minimum absolute atomic E-state index is 0.0474. The highest BCUT2D eigenvalue weighted by molar-refractivity contribution is 7.86. The van der Waals surface area contributed by atoms with Crippen LogP contribution in [0.15, 0.2) is 37.4 Å². The smallest absolute Gasteiger partial charge is 0.306 e. The zero-order valence-corrected chi connectivity index (χ0v) is 20.9. The fourth-order valence-electron chi connectivity index (χ4n) is 4.51. The summed E-state index contributed by atoms with van der Waals surface area (Å²) in [5.74, 6) is -1.40. The van der Waals surface area contributed by atoms with Gasteiger partial charge in [-0.2, -0.15) is 8.42 Å². The van der Waals surface area contributed by atoms with Gasteiger partial charge >= 0.3 is 10.1 Å². The Balaban J connectivity index is 2.64. The van der Waals surface area contributed by atoms with Gasteiger partial charge in [-0.1, -0.05) is 18.2 Å². The van der Waals surface area contributed by atoms with E-state index in [1.807, 2.05) is 6.92 Å². The third-order valence-corrected chi connectivity index (χ3v) is 5.95. The van der Waals surface area contributed by atoms with E-state index in [1.54, 1.807) is 39.0 Å². The molecule has 0 aromatic heterocycles.